The second-order valence-corrected chi connectivity index (χ2v) is 4.91. The molecule has 0 saturated heterocycles. The average Bonchev–Trinajstić information content (AvgIpc) is 2.87. The maximum Gasteiger partial charge on any atom is 0.185 e. The van der Waals surface area contributed by atoms with Crippen LogP contribution in [0.5, 0.6) is 5.75 Å². The van der Waals surface area contributed by atoms with Crippen molar-refractivity contribution in [3.05, 3.63) is 36.2 Å². The summed E-state index contributed by atoms with van der Waals surface area (Å²) >= 11 is 1.59. The third kappa shape index (κ3) is 4.30. The van der Waals surface area contributed by atoms with E-state index in [1.807, 2.05) is 31.3 Å². The van der Waals surface area contributed by atoms with Crippen LogP contribution in [0, 0.1) is 11.8 Å². The van der Waals surface area contributed by atoms with E-state index in [2.05, 4.69) is 21.9 Å². The summed E-state index contributed by atoms with van der Waals surface area (Å²) in [5.41, 5.74) is 0.831. The lowest BCUT2D eigenvalue weighted by Crippen LogP contribution is -2.02. The quantitative estimate of drug-likeness (QED) is 0.511. The minimum absolute atomic E-state index is 0.139. The number of ether oxygens (including phenoxy) is 1. The van der Waals surface area contributed by atoms with Crippen molar-refractivity contribution >= 4 is 11.8 Å². The van der Waals surface area contributed by atoms with Crippen LogP contribution in [0.2, 0.25) is 0 Å². The van der Waals surface area contributed by atoms with Gasteiger partial charge in [0.05, 0.1) is 6.61 Å². The summed E-state index contributed by atoms with van der Waals surface area (Å²) in [6, 6.07) is 7.50. The fourth-order valence-electron chi connectivity index (χ4n) is 1.51. The first-order chi connectivity index (χ1) is 9.79. The van der Waals surface area contributed by atoms with Crippen LogP contribution in [0.1, 0.15) is 5.56 Å². The van der Waals surface area contributed by atoms with E-state index in [4.69, 9.17) is 9.84 Å². The summed E-state index contributed by atoms with van der Waals surface area (Å²) in [6.07, 6.45) is 1.53. The Balaban J connectivity index is 1.81. The summed E-state index contributed by atoms with van der Waals surface area (Å²) in [7, 11) is 1.86. The Labute approximate surface area is 122 Å². The van der Waals surface area contributed by atoms with E-state index in [0.717, 1.165) is 22.2 Å². The van der Waals surface area contributed by atoms with Gasteiger partial charge in [-0.05, 0) is 18.2 Å². The van der Waals surface area contributed by atoms with Crippen LogP contribution in [0.3, 0.4) is 0 Å². The van der Waals surface area contributed by atoms with Crippen molar-refractivity contribution in [1.29, 1.82) is 0 Å². The normalized spacial score (nSPS) is 9.90. The number of aliphatic hydroxyl groups is 1. The van der Waals surface area contributed by atoms with Crippen LogP contribution in [0.4, 0.5) is 0 Å². The smallest absolute Gasteiger partial charge is 0.185 e. The topological polar surface area (TPSA) is 60.2 Å². The number of hydrogen-bond acceptors (Lipinski definition) is 5. The van der Waals surface area contributed by atoms with E-state index in [9.17, 15) is 0 Å². The molecule has 6 heteroatoms. The van der Waals surface area contributed by atoms with Gasteiger partial charge in [-0.1, -0.05) is 29.7 Å². The second kappa shape index (κ2) is 7.58. The summed E-state index contributed by atoms with van der Waals surface area (Å²) in [4.78, 5) is 4.13. The molecule has 1 aromatic heterocycles. The molecule has 0 fully saturated rings. The Morgan fingerprint density at radius 2 is 2.35 bits per heavy atom. The highest BCUT2D eigenvalue weighted by atomic mass is 32.2. The van der Waals surface area contributed by atoms with Crippen LogP contribution in [0.25, 0.3) is 0 Å². The molecule has 0 spiro atoms. The maximum atomic E-state index is 8.66. The molecule has 2 aromatic rings. The van der Waals surface area contributed by atoms with Crippen LogP contribution >= 0.6 is 11.8 Å². The standard InChI is InChI=1S/C14H15N3O2S/c1-17-14(15-11-16-17)20-9-8-19-13-6-2-4-12(10-13)5-3-7-18/h2,4,6,10-11,18H,7-9H2,1H3. The minimum atomic E-state index is -0.139. The first-order valence-electron chi connectivity index (χ1n) is 6.09. The highest BCUT2D eigenvalue weighted by Crippen LogP contribution is 2.15. The van der Waals surface area contributed by atoms with E-state index >= 15 is 0 Å². The highest BCUT2D eigenvalue weighted by Gasteiger charge is 2.01. The van der Waals surface area contributed by atoms with E-state index in [0.29, 0.717) is 6.61 Å². The molecule has 0 atom stereocenters. The lowest BCUT2D eigenvalue weighted by atomic mass is 10.2. The van der Waals surface area contributed by atoms with Crippen LogP contribution in [0.15, 0.2) is 35.7 Å². The van der Waals surface area contributed by atoms with Gasteiger partial charge in [0.15, 0.2) is 5.16 Å². The number of aryl methyl sites for hydroxylation is 1. The highest BCUT2D eigenvalue weighted by molar-refractivity contribution is 7.99. The van der Waals surface area contributed by atoms with Gasteiger partial charge in [0, 0.05) is 18.4 Å². The van der Waals surface area contributed by atoms with Gasteiger partial charge in [-0.2, -0.15) is 5.10 Å². The Bertz CT molecular complexity index is 616. The Hall–Kier alpha value is -1.97. The van der Waals surface area contributed by atoms with Crippen molar-refractivity contribution in [1.82, 2.24) is 14.8 Å². The van der Waals surface area contributed by atoms with Crippen LogP contribution in [-0.2, 0) is 7.05 Å². The second-order valence-electron chi connectivity index (χ2n) is 3.85. The zero-order chi connectivity index (χ0) is 14.2. The number of rotatable bonds is 5. The van der Waals surface area contributed by atoms with Crippen molar-refractivity contribution in [3.8, 4) is 17.6 Å². The Morgan fingerprint density at radius 3 is 3.10 bits per heavy atom. The minimum Gasteiger partial charge on any atom is -0.493 e. The molecular weight excluding hydrogens is 274 g/mol. The molecule has 0 unspecified atom stereocenters. The van der Waals surface area contributed by atoms with Gasteiger partial charge >= 0.3 is 0 Å². The van der Waals surface area contributed by atoms with Gasteiger partial charge in [-0.25, -0.2) is 9.67 Å². The molecule has 20 heavy (non-hydrogen) atoms. The lowest BCUT2D eigenvalue weighted by Gasteiger charge is -2.06. The van der Waals surface area contributed by atoms with Crippen molar-refractivity contribution < 1.29 is 9.84 Å². The molecule has 0 aliphatic rings. The monoisotopic (exact) mass is 289 g/mol. The molecule has 0 aliphatic carbocycles. The zero-order valence-electron chi connectivity index (χ0n) is 11.1. The molecule has 0 radical (unpaired) electrons. The molecule has 0 amide bonds. The van der Waals surface area contributed by atoms with Crippen molar-refractivity contribution in [2.24, 2.45) is 7.05 Å². The zero-order valence-corrected chi connectivity index (χ0v) is 11.9. The molecule has 1 heterocycles. The molecule has 0 aliphatic heterocycles. The average molecular weight is 289 g/mol. The maximum absolute atomic E-state index is 8.66. The molecule has 1 N–H and O–H groups in total. The molecule has 104 valence electrons. The van der Waals surface area contributed by atoms with Crippen LogP contribution < -0.4 is 4.74 Å². The van der Waals surface area contributed by atoms with E-state index < -0.39 is 0 Å². The van der Waals surface area contributed by atoms with Crippen molar-refractivity contribution in [2.45, 2.75) is 5.16 Å². The number of benzene rings is 1. The number of hydrogen-bond donors (Lipinski definition) is 1. The third-order valence-electron chi connectivity index (χ3n) is 2.40. The van der Waals surface area contributed by atoms with E-state index in [-0.39, 0.29) is 6.61 Å². The number of aliphatic hydroxyl groups excluding tert-OH is 1. The summed E-state index contributed by atoms with van der Waals surface area (Å²) < 4.78 is 7.39. The molecule has 0 saturated carbocycles. The van der Waals surface area contributed by atoms with Gasteiger partial charge in [0.25, 0.3) is 0 Å². The molecule has 0 bridgehead atoms. The van der Waals surface area contributed by atoms with Gasteiger partial charge in [0.1, 0.15) is 18.7 Å². The van der Waals surface area contributed by atoms with Gasteiger partial charge in [-0.15, -0.1) is 0 Å². The van der Waals surface area contributed by atoms with E-state index in [1.165, 1.54) is 6.33 Å². The third-order valence-corrected chi connectivity index (χ3v) is 3.40. The van der Waals surface area contributed by atoms with Crippen molar-refractivity contribution in [2.75, 3.05) is 19.0 Å². The fraction of sp³-hybridized carbons (Fsp3) is 0.286. The summed E-state index contributed by atoms with van der Waals surface area (Å²) in [5.74, 6) is 7.02. The Morgan fingerprint density at radius 1 is 1.45 bits per heavy atom. The van der Waals surface area contributed by atoms with E-state index in [1.54, 1.807) is 16.4 Å². The summed E-state index contributed by atoms with van der Waals surface area (Å²) in [6.45, 7) is 0.438. The largest absolute Gasteiger partial charge is 0.493 e. The first-order valence-corrected chi connectivity index (χ1v) is 7.07. The molecular formula is C14H15N3O2S. The lowest BCUT2D eigenvalue weighted by molar-refractivity contribution is 0.343. The fourth-order valence-corrected chi connectivity index (χ4v) is 2.22. The molecule has 5 nitrogen and oxygen atoms in total. The number of aromatic nitrogens is 3. The SMILES string of the molecule is Cn1ncnc1SCCOc1cccc(C#CCO)c1. The molecule has 1 aromatic carbocycles. The van der Waals surface area contributed by atoms with Gasteiger partial charge < -0.3 is 9.84 Å². The van der Waals surface area contributed by atoms with Crippen molar-refractivity contribution in [3.63, 3.8) is 0 Å². The Kier molecular flexibility index (Phi) is 5.47. The van der Waals surface area contributed by atoms with Crippen LogP contribution in [-0.4, -0.2) is 38.8 Å². The predicted molar refractivity (Wildman–Crippen MR) is 77.6 cm³/mol. The summed E-state index contributed by atoms with van der Waals surface area (Å²) in [5, 5.41) is 13.5. The van der Waals surface area contributed by atoms with Gasteiger partial charge in [0.2, 0.25) is 0 Å². The molecule has 2 rings (SSSR count). The number of nitrogens with zero attached hydrogens (tertiary/aromatic N) is 3. The first kappa shape index (κ1) is 14.4. The predicted octanol–water partition coefficient (Wildman–Crippen LogP) is 1.33. The van der Waals surface area contributed by atoms with Gasteiger partial charge in [-0.3, -0.25) is 0 Å². The number of thioether (sulfide) groups is 1.